The van der Waals surface area contributed by atoms with E-state index in [-0.39, 0.29) is 25.7 Å². The summed E-state index contributed by atoms with van der Waals surface area (Å²) >= 11 is 0. The van der Waals surface area contributed by atoms with Crippen LogP contribution in [0.4, 0.5) is 10.5 Å². The Labute approximate surface area is 123 Å². The predicted molar refractivity (Wildman–Crippen MR) is 78.5 cm³/mol. The summed E-state index contributed by atoms with van der Waals surface area (Å²) in [5, 5.41) is 18.4. The molecule has 21 heavy (non-hydrogen) atoms. The van der Waals surface area contributed by atoms with Crippen molar-refractivity contribution in [1.29, 1.82) is 0 Å². The SMILES string of the molecule is CCCN(CCO)C(=O)N1CC(C(=O)O)c2ccccc21. The molecule has 1 aromatic rings. The lowest BCUT2D eigenvalue weighted by atomic mass is 10.0. The van der Waals surface area contributed by atoms with E-state index in [1.165, 1.54) is 4.90 Å². The minimum absolute atomic E-state index is 0.108. The van der Waals surface area contributed by atoms with Crippen molar-refractivity contribution in [2.75, 3.05) is 31.1 Å². The van der Waals surface area contributed by atoms with Crippen LogP contribution in [0.1, 0.15) is 24.8 Å². The highest BCUT2D eigenvalue weighted by atomic mass is 16.4. The molecule has 0 spiro atoms. The second-order valence-electron chi connectivity index (χ2n) is 5.05. The first-order chi connectivity index (χ1) is 10.1. The molecule has 0 saturated heterocycles. The highest BCUT2D eigenvalue weighted by Crippen LogP contribution is 2.36. The van der Waals surface area contributed by atoms with Gasteiger partial charge >= 0.3 is 12.0 Å². The van der Waals surface area contributed by atoms with Gasteiger partial charge in [0.1, 0.15) is 5.92 Å². The molecule has 0 bridgehead atoms. The molecule has 1 unspecified atom stereocenters. The second-order valence-corrected chi connectivity index (χ2v) is 5.05. The Morgan fingerprint density at radius 3 is 2.67 bits per heavy atom. The van der Waals surface area contributed by atoms with Crippen molar-refractivity contribution in [2.24, 2.45) is 0 Å². The maximum Gasteiger partial charge on any atom is 0.324 e. The fraction of sp³-hybridized carbons (Fsp3) is 0.467. The number of carboxylic acids is 1. The van der Waals surface area contributed by atoms with Crippen LogP contribution in [0.5, 0.6) is 0 Å². The van der Waals surface area contributed by atoms with Crippen LogP contribution < -0.4 is 4.90 Å². The summed E-state index contributed by atoms with van der Waals surface area (Å²) in [6.45, 7) is 2.78. The Kier molecular flexibility index (Phi) is 4.80. The van der Waals surface area contributed by atoms with Gasteiger partial charge in [-0.2, -0.15) is 0 Å². The fourth-order valence-corrected chi connectivity index (χ4v) is 2.66. The zero-order valence-corrected chi connectivity index (χ0v) is 12.0. The topological polar surface area (TPSA) is 81.1 Å². The summed E-state index contributed by atoms with van der Waals surface area (Å²) in [6, 6.07) is 6.83. The van der Waals surface area contributed by atoms with Crippen LogP contribution >= 0.6 is 0 Å². The van der Waals surface area contributed by atoms with Crippen molar-refractivity contribution >= 4 is 17.7 Å². The number of urea groups is 1. The molecule has 114 valence electrons. The summed E-state index contributed by atoms with van der Waals surface area (Å²) in [5.74, 6) is -1.62. The van der Waals surface area contributed by atoms with Crippen LogP contribution in [-0.2, 0) is 4.79 Å². The molecule has 1 aromatic carbocycles. The number of anilines is 1. The number of carbonyl (C=O) groups excluding carboxylic acids is 1. The average Bonchev–Trinajstić information content (AvgIpc) is 2.86. The molecule has 2 N–H and O–H groups in total. The van der Waals surface area contributed by atoms with E-state index in [0.29, 0.717) is 17.8 Å². The molecule has 1 atom stereocenters. The van der Waals surface area contributed by atoms with Gasteiger partial charge in [-0.15, -0.1) is 0 Å². The van der Waals surface area contributed by atoms with E-state index in [0.717, 1.165) is 6.42 Å². The van der Waals surface area contributed by atoms with Crippen molar-refractivity contribution in [3.63, 3.8) is 0 Å². The van der Waals surface area contributed by atoms with E-state index < -0.39 is 11.9 Å². The van der Waals surface area contributed by atoms with Gasteiger partial charge < -0.3 is 15.1 Å². The van der Waals surface area contributed by atoms with Crippen molar-refractivity contribution in [2.45, 2.75) is 19.3 Å². The molecule has 6 heteroatoms. The van der Waals surface area contributed by atoms with Crippen molar-refractivity contribution < 1.29 is 19.8 Å². The summed E-state index contributed by atoms with van der Waals surface area (Å²) in [6.07, 6.45) is 0.781. The first-order valence-corrected chi connectivity index (χ1v) is 7.09. The highest BCUT2D eigenvalue weighted by Gasteiger charge is 2.37. The Hall–Kier alpha value is -2.08. The molecule has 1 aliphatic rings. The van der Waals surface area contributed by atoms with Gasteiger partial charge in [0.15, 0.2) is 0 Å². The van der Waals surface area contributed by atoms with Gasteiger partial charge in [-0.3, -0.25) is 9.69 Å². The van der Waals surface area contributed by atoms with Gasteiger partial charge in [0.05, 0.1) is 6.61 Å². The molecule has 0 aliphatic carbocycles. The number of rotatable bonds is 5. The number of benzene rings is 1. The zero-order chi connectivity index (χ0) is 15.4. The smallest absolute Gasteiger partial charge is 0.324 e. The summed E-state index contributed by atoms with van der Waals surface area (Å²) in [7, 11) is 0. The van der Waals surface area contributed by atoms with Crippen molar-refractivity contribution in [3.8, 4) is 0 Å². The van der Waals surface area contributed by atoms with Crippen molar-refractivity contribution in [3.05, 3.63) is 29.8 Å². The Bertz CT molecular complexity index is 526. The van der Waals surface area contributed by atoms with E-state index in [1.807, 2.05) is 6.92 Å². The van der Waals surface area contributed by atoms with Crippen LogP contribution in [0.15, 0.2) is 24.3 Å². The van der Waals surface area contributed by atoms with E-state index in [1.54, 1.807) is 29.2 Å². The number of carboxylic acid groups (broad SMARTS) is 1. The molecule has 2 amide bonds. The van der Waals surface area contributed by atoms with Crippen LogP contribution in [0.2, 0.25) is 0 Å². The van der Waals surface area contributed by atoms with E-state index in [2.05, 4.69) is 0 Å². The number of fused-ring (bicyclic) bond motifs is 1. The van der Waals surface area contributed by atoms with Gasteiger partial charge in [-0.1, -0.05) is 25.1 Å². The lowest BCUT2D eigenvalue weighted by Crippen LogP contribution is -2.44. The number of aliphatic hydroxyl groups is 1. The highest BCUT2D eigenvalue weighted by molar-refractivity contribution is 5.98. The third kappa shape index (κ3) is 3.00. The number of carbonyl (C=O) groups is 2. The van der Waals surface area contributed by atoms with Crippen molar-refractivity contribution in [1.82, 2.24) is 4.90 Å². The molecule has 2 rings (SSSR count). The van der Waals surface area contributed by atoms with Crippen LogP contribution in [-0.4, -0.2) is 53.4 Å². The number of hydrogen-bond donors (Lipinski definition) is 2. The third-order valence-corrected chi connectivity index (χ3v) is 3.63. The number of aliphatic carboxylic acids is 1. The second kappa shape index (κ2) is 6.58. The van der Waals surface area contributed by atoms with E-state index in [9.17, 15) is 14.7 Å². The van der Waals surface area contributed by atoms with Gasteiger partial charge in [0.2, 0.25) is 0 Å². The molecule has 0 saturated carbocycles. The maximum absolute atomic E-state index is 12.6. The third-order valence-electron chi connectivity index (χ3n) is 3.63. The van der Waals surface area contributed by atoms with Crippen LogP contribution in [0.25, 0.3) is 0 Å². The molecular formula is C15H20N2O4. The maximum atomic E-state index is 12.6. The summed E-state index contributed by atoms with van der Waals surface area (Å²) < 4.78 is 0. The molecule has 0 fully saturated rings. The van der Waals surface area contributed by atoms with Crippen LogP contribution in [0.3, 0.4) is 0 Å². The first kappa shape index (κ1) is 15.3. The van der Waals surface area contributed by atoms with E-state index in [4.69, 9.17) is 5.11 Å². The molecule has 6 nitrogen and oxygen atoms in total. The standard InChI is InChI=1S/C15H20N2O4/c1-2-7-16(8-9-18)15(21)17-10-12(14(19)20)11-5-3-4-6-13(11)17/h3-6,12,18H,2,7-10H2,1H3,(H,19,20). The van der Waals surface area contributed by atoms with Gasteiger partial charge in [0.25, 0.3) is 0 Å². The van der Waals surface area contributed by atoms with Gasteiger partial charge in [0, 0.05) is 25.3 Å². The summed E-state index contributed by atoms with van der Waals surface area (Å²) in [5.41, 5.74) is 1.31. The lowest BCUT2D eigenvalue weighted by Gasteiger charge is -2.27. The minimum Gasteiger partial charge on any atom is -0.481 e. The largest absolute Gasteiger partial charge is 0.481 e. The summed E-state index contributed by atoms with van der Waals surface area (Å²) in [4.78, 5) is 27.0. The van der Waals surface area contributed by atoms with Gasteiger partial charge in [-0.25, -0.2) is 4.79 Å². The Morgan fingerprint density at radius 1 is 1.33 bits per heavy atom. The molecule has 1 heterocycles. The lowest BCUT2D eigenvalue weighted by molar-refractivity contribution is -0.138. The Morgan fingerprint density at radius 2 is 2.05 bits per heavy atom. The number of para-hydroxylation sites is 1. The monoisotopic (exact) mass is 292 g/mol. The molecule has 1 aliphatic heterocycles. The zero-order valence-electron chi connectivity index (χ0n) is 12.0. The normalized spacial score (nSPS) is 16.7. The quantitative estimate of drug-likeness (QED) is 0.861. The number of hydrogen-bond acceptors (Lipinski definition) is 3. The molecule has 0 radical (unpaired) electrons. The number of amides is 2. The van der Waals surface area contributed by atoms with Gasteiger partial charge in [-0.05, 0) is 18.1 Å². The average molecular weight is 292 g/mol. The number of aliphatic hydroxyl groups excluding tert-OH is 1. The van der Waals surface area contributed by atoms with Crippen LogP contribution in [0, 0.1) is 0 Å². The molecule has 0 aromatic heterocycles. The minimum atomic E-state index is -0.929. The predicted octanol–water partition coefficient (Wildman–Crippen LogP) is 1.50. The fourth-order valence-electron chi connectivity index (χ4n) is 2.66. The van der Waals surface area contributed by atoms with E-state index >= 15 is 0 Å². The first-order valence-electron chi connectivity index (χ1n) is 7.09. The Balaban J connectivity index is 2.28. The molecular weight excluding hydrogens is 272 g/mol. The number of nitrogens with zero attached hydrogens (tertiary/aromatic N) is 2.